The van der Waals surface area contributed by atoms with Crippen LogP contribution in [0, 0.1) is 0 Å². The molecule has 0 aliphatic carbocycles. The third kappa shape index (κ3) is 3.65. The zero-order chi connectivity index (χ0) is 16.4. The monoisotopic (exact) mass is 350 g/mol. The van der Waals surface area contributed by atoms with Crippen molar-refractivity contribution in [2.24, 2.45) is 0 Å². The van der Waals surface area contributed by atoms with Crippen molar-refractivity contribution in [3.05, 3.63) is 56.2 Å². The van der Waals surface area contributed by atoms with E-state index in [4.69, 9.17) is 16.0 Å². The molecule has 1 aromatic carbocycles. The molecule has 2 heterocycles. The molecule has 5 nitrogen and oxygen atoms in total. The molecule has 0 saturated carbocycles. The molecule has 0 aliphatic heterocycles. The molecule has 23 heavy (non-hydrogen) atoms. The highest BCUT2D eigenvalue weighted by molar-refractivity contribution is 7.09. The van der Waals surface area contributed by atoms with Gasteiger partial charge in [-0.25, -0.2) is 4.79 Å². The summed E-state index contributed by atoms with van der Waals surface area (Å²) in [6, 6.07) is 8.90. The molecule has 120 valence electrons. The Hall–Kier alpha value is -2.05. The first-order valence-electron chi connectivity index (χ1n) is 7.13. The second kappa shape index (κ2) is 6.60. The minimum Gasteiger partial charge on any atom is -0.408 e. The van der Waals surface area contributed by atoms with Crippen LogP contribution in [0.1, 0.15) is 11.8 Å². The van der Waals surface area contributed by atoms with Crippen molar-refractivity contribution in [1.82, 2.24) is 9.88 Å². The number of hydrogen-bond acceptors (Lipinski definition) is 4. The number of aromatic nitrogens is 1. The number of rotatable bonds is 5. The summed E-state index contributed by atoms with van der Waals surface area (Å²) >= 11 is 7.53. The highest BCUT2D eigenvalue weighted by atomic mass is 35.5. The Labute approximate surface area is 141 Å². The summed E-state index contributed by atoms with van der Waals surface area (Å²) in [5.41, 5.74) is 0.933. The molecule has 1 N–H and O–H groups in total. The van der Waals surface area contributed by atoms with Crippen molar-refractivity contribution >= 4 is 39.9 Å². The third-order valence-electron chi connectivity index (χ3n) is 3.43. The lowest BCUT2D eigenvalue weighted by Gasteiger charge is -2.13. The average molecular weight is 351 g/mol. The standard InChI is InChI=1S/C16H15ClN2O3S/c1-10(7-12-3-2-6-23-12)18-15(20)9-19-13-5-4-11(17)8-14(13)22-16(19)21/h2-6,8,10H,7,9H2,1H3,(H,18,20)/t10-/m0/s1. The Morgan fingerprint density at radius 2 is 2.26 bits per heavy atom. The Kier molecular flexibility index (Phi) is 4.54. The first-order valence-corrected chi connectivity index (χ1v) is 8.39. The number of nitrogens with zero attached hydrogens (tertiary/aromatic N) is 1. The summed E-state index contributed by atoms with van der Waals surface area (Å²) in [7, 11) is 0. The van der Waals surface area contributed by atoms with Gasteiger partial charge >= 0.3 is 5.76 Å². The molecule has 3 aromatic rings. The van der Waals surface area contributed by atoms with Crippen molar-refractivity contribution in [2.75, 3.05) is 0 Å². The first-order chi connectivity index (χ1) is 11.0. The summed E-state index contributed by atoms with van der Waals surface area (Å²) in [5.74, 6) is -0.794. The molecule has 0 unspecified atom stereocenters. The fourth-order valence-electron chi connectivity index (χ4n) is 2.44. The van der Waals surface area contributed by atoms with Gasteiger partial charge in [-0.2, -0.15) is 0 Å². The van der Waals surface area contributed by atoms with Crippen LogP contribution in [-0.4, -0.2) is 16.5 Å². The molecule has 0 aliphatic rings. The van der Waals surface area contributed by atoms with Gasteiger partial charge < -0.3 is 9.73 Å². The fraction of sp³-hybridized carbons (Fsp3) is 0.250. The van der Waals surface area contributed by atoms with Gasteiger partial charge in [0.15, 0.2) is 5.58 Å². The third-order valence-corrected chi connectivity index (χ3v) is 4.56. The number of nitrogens with one attached hydrogen (secondary N) is 1. The van der Waals surface area contributed by atoms with Crippen molar-refractivity contribution in [2.45, 2.75) is 25.9 Å². The lowest BCUT2D eigenvalue weighted by molar-refractivity contribution is -0.122. The number of amides is 1. The number of benzene rings is 1. The smallest absolute Gasteiger partial charge is 0.408 e. The Morgan fingerprint density at radius 1 is 1.43 bits per heavy atom. The van der Waals surface area contributed by atoms with Crippen LogP contribution in [0.25, 0.3) is 11.1 Å². The molecule has 1 atom stereocenters. The number of oxazole rings is 1. The molecular formula is C16H15ClN2O3S. The van der Waals surface area contributed by atoms with E-state index in [1.165, 1.54) is 9.44 Å². The molecule has 1 amide bonds. The highest BCUT2D eigenvalue weighted by Gasteiger charge is 2.15. The van der Waals surface area contributed by atoms with E-state index < -0.39 is 5.76 Å². The van der Waals surface area contributed by atoms with E-state index in [9.17, 15) is 9.59 Å². The SMILES string of the molecule is C[C@@H](Cc1cccs1)NC(=O)Cn1c(=O)oc2cc(Cl)ccc21. The largest absolute Gasteiger partial charge is 0.420 e. The average Bonchev–Trinajstić information content (AvgIpc) is 3.07. The molecular weight excluding hydrogens is 336 g/mol. The molecule has 2 aromatic heterocycles. The zero-order valence-electron chi connectivity index (χ0n) is 12.4. The van der Waals surface area contributed by atoms with Crippen LogP contribution in [0.15, 0.2) is 44.9 Å². The van der Waals surface area contributed by atoms with E-state index in [1.807, 2.05) is 24.4 Å². The van der Waals surface area contributed by atoms with Gasteiger partial charge in [0.05, 0.1) is 5.52 Å². The Balaban J connectivity index is 1.70. The summed E-state index contributed by atoms with van der Waals surface area (Å²) in [6.45, 7) is 1.86. The number of hydrogen-bond donors (Lipinski definition) is 1. The van der Waals surface area contributed by atoms with Gasteiger partial charge in [-0.3, -0.25) is 9.36 Å². The number of halogens is 1. The van der Waals surface area contributed by atoms with Crippen LogP contribution in [0.2, 0.25) is 5.02 Å². The molecule has 0 radical (unpaired) electrons. The second-order valence-corrected chi connectivity index (χ2v) is 6.79. The summed E-state index contributed by atoms with van der Waals surface area (Å²) in [5, 5.41) is 5.39. The molecule has 0 bridgehead atoms. The lowest BCUT2D eigenvalue weighted by Crippen LogP contribution is -2.37. The van der Waals surface area contributed by atoms with Crippen LogP contribution in [0.4, 0.5) is 0 Å². The summed E-state index contributed by atoms with van der Waals surface area (Å²) < 4.78 is 6.42. The van der Waals surface area contributed by atoms with Crippen molar-refractivity contribution < 1.29 is 9.21 Å². The van der Waals surface area contributed by atoms with E-state index >= 15 is 0 Å². The van der Waals surface area contributed by atoms with E-state index in [2.05, 4.69) is 5.32 Å². The Bertz CT molecular complexity index is 883. The van der Waals surface area contributed by atoms with E-state index in [0.717, 1.165) is 6.42 Å². The van der Waals surface area contributed by atoms with Crippen LogP contribution in [0.5, 0.6) is 0 Å². The molecule has 0 saturated heterocycles. The lowest BCUT2D eigenvalue weighted by atomic mass is 10.2. The summed E-state index contributed by atoms with van der Waals surface area (Å²) in [4.78, 5) is 25.3. The maximum atomic E-state index is 12.2. The van der Waals surface area contributed by atoms with Gasteiger partial charge in [0.25, 0.3) is 0 Å². The predicted octanol–water partition coefficient (Wildman–Crippen LogP) is 3.06. The number of fused-ring (bicyclic) bond motifs is 1. The maximum Gasteiger partial charge on any atom is 0.420 e. The van der Waals surface area contributed by atoms with E-state index in [1.54, 1.807) is 29.5 Å². The second-order valence-electron chi connectivity index (χ2n) is 5.32. The topological polar surface area (TPSA) is 64.2 Å². The molecule has 0 fully saturated rings. The number of carbonyl (C=O) groups excluding carboxylic acids is 1. The fourth-order valence-corrected chi connectivity index (χ4v) is 3.43. The molecule has 7 heteroatoms. The van der Waals surface area contributed by atoms with Gasteiger partial charge in [0, 0.05) is 28.4 Å². The van der Waals surface area contributed by atoms with Gasteiger partial charge in [-0.15, -0.1) is 11.3 Å². The molecule has 0 spiro atoms. The minimum absolute atomic E-state index is 0.00976. The Morgan fingerprint density at radius 3 is 3.00 bits per heavy atom. The van der Waals surface area contributed by atoms with Gasteiger partial charge in [0.2, 0.25) is 5.91 Å². The minimum atomic E-state index is -0.566. The maximum absolute atomic E-state index is 12.2. The van der Waals surface area contributed by atoms with E-state index in [-0.39, 0.29) is 18.5 Å². The van der Waals surface area contributed by atoms with Crippen molar-refractivity contribution in [3.8, 4) is 0 Å². The molecule has 3 rings (SSSR count). The van der Waals surface area contributed by atoms with Gasteiger partial charge in [0.1, 0.15) is 6.54 Å². The van der Waals surface area contributed by atoms with E-state index in [0.29, 0.717) is 16.1 Å². The first kappa shape index (κ1) is 15.8. The van der Waals surface area contributed by atoms with Crippen LogP contribution >= 0.6 is 22.9 Å². The zero-order valence-corrected chi connectivity index (χ0v) is 14.0. The normalized spacial score (nSPS) is 12.4. The number of carbonyl (C=O) groups is 1. The quantitative estimate of drug-likeness (QED) is 0.769. The summed E-state index contributed by atoms with van der Waals surface area (Å²) in [6.07, 6.45) is 0.764. The van der Waals surface area contributed by atoms with Gasteiger partial charge in [-0.05, 0) is 30.5 Å². The van der Waals surface area contributed by atoms with Crippen LogP contribution < -0.4 is 11.1 Å². The van der Waals surface area contributed by atoms with Crippen molar-refractivity contribution in [1.29, 1.82) is 0 Å². The van der Waals surface area contributed by atoms with Gasteiger partial charge in [-0.1, -0.05) is 17.7 Å². The number of thiophene rings is 1. The van der Waals surface area contributed by atoms with Crippen LogP contribution in [-0.2, 0) is 17.8 Å². The predicted molar refractivity (Wildman–Crippen MR) is 91.1 cm³/mol. The highest BCUT2D eigenvalue weighted by Crippen LogP contribution is 2.18. The van der Waals surface area contributed by atoms with Crippen LogP contribution in [0.3, 0.4) is 0 Å². The van der Waals surface area contributed by atoms with Crippen molar-refractivity contribution in [3.63, 3.8) is 0 Å².